The maximum atomic E-state index is 12.6. The number of piperidine rings is 1. The van der Waals surface area contributed by atoms with Crippen LogP contribution in [0.4, 0.5) is 0 Å². The molecule has 150 valence electrons. The summed E-state index contributed by atoms with van der Waals surface area (Å²) in [5, 5.41) is 0. The molecule has 1 aliphatic rings. The van der Waals surface area contributed by atoms with Crippen molar-refractivity contribution in [3.05, 3.63) is 63.3 Å². The first-order valence-electron chi connectivity index (χ1n) is 10.0. The molecule has 28 heavy (non-hydrogen) atoms. The first-order chi connectivity index (χ1) is 13.4. The van der Waals surface area contributed by atoms with Crippen molar-refractivity contribution < 1.29 is 4.79 Å². The summed E-state index contributed by atoms with van der Waals surface area (Å²) in [5.41, 5.74) is 2.49. The summed E-state index contributed by atoms with van der Waals surface area (Å²) in [6, 6.07) is 8.55. The summed E-state index contributed by atoms with van der Waals surface area (Å²) in [6.07, 6.45) is 4.69. The third-order valence-corrected chi connectivity index (χ3v) is 5.60. The Hall–Kier alpha value is -2.47. The lowest BCUT2D eigenvalue weighted by molar-refractivity contribution is 0.0728. The zero-order chi connectivity index (χ0) is 20.1. The number of nitrogens with zero attached hydrogens (tertiary/aromatic N) is 3. The highest BCUT2D eigenvalue weighted by Gasteiger charge is 2.24. The van der Waals surface area contributed by atoms with E-state index in [2.05, 4.69) is 46.1 Å². The number of aryl methyl sites for hydroxylation is 2. The number of hydrogen-bond donors (Lipinski definition) is 1. The minimum Gasteiger partial charge on any atom is -0.341 e. The summed E-state index contributed by atoms with van der Waals surface area (Å²) >= 11 is 0. The second kappa shape index (κ2) is 9.15. The van der Waals surface area contributed by atoms with Crippen molar-refractivity contribution in [2.45, 2.75) is 33.1 Å². The second-order valence-corrected chi connectivity index (χ2v) is 7.88. The number of hydrogen-bond acceptors (Lipinski definition) is 4. The number of rotatable bonds is 6. The monoisotopic (exact) mass is 382 g/mol. The van der Waals surface area contributed by atoms with Crippen LogP contribution in [0.3, 0.4) is 0 Å². The third-order valence-electron chi connectivity index (χ3n) is 5.60. The van der Waals surface area contributed by atoms with Gasteiger partial charge in [-0.3, -0.25) is 9.59 Å². The Labute approximate surface area is 166 Å². The van der Waals surface area contributed by atoms with Gasteiger partial charge < -0.3 is 14.8 Å². The molecule has 6 nitrogen and oxygen atoms in total. The van der Waals surface area contributed by atoms with E-state index in [1.165, 1.54) is 17.3 Å². The van der Waals surface area contributed by atoms with Gasteiger partial charge in [0, 0.05) is 32.9 Å². The predicted octanol–water partition coefficient (Wildman–Crippen LogP) is 2.41. The average Bonchev–Trinajstić information content (AvgIpc) is 2.67. The van der Waals surface area contributed by atoms with Gasteiger partial charge in [0.15, 0.2) is 0 Å². The molecular weight excluding hydrogens is 352 g/mol. The number of likely N-dealkylation sites (tertiary alicyclic amines) is 1. The summed E-state index contributed by atoms with van der Waals surface area (Å²) in [6.45, 7) is 7.67. The van der Waals surface area contributed by atoms with Gasteiger partial charge in [0.1, 0.15) is 11.4 Å². The first kappa shape index (κ1) is 20.3. The molecule has 6 heteroatoms. The normalized spacial score (nSPS) is 17.5. The van der Waals surface area contributed by atoms with Crippen LogP contribution in [0.2, 0.25) is 0 Å². The van der Waals surface area contributed by atoms with E-state index in [0.717, 1.165) is 38.9 Å². The zero-order valence-electron chi connectivity index (χ0n) is 17.1. The number of aromatic nitrogens is 2. The molecule has 3 rings (SSSR count). The highest BCUT2D eigenvalue weighted by atomic mass is 16.2. The molecule has 1 atom stereocenters. The van der Waals surface area contributed by atoms with Gasteiger partial charge in [-0.15, -0.1) is 0 Å². The van der Waals surface area contributed by atoms with E-state index in [1.807, 2.05) is 0 Å². The van der Waals surface area contributed by atoms with Crippen molar-refractivity contribution in [3.63, 3.8) is 0 Å². The molecule has 1 N–H and O–H groups in total. The molecule has 1 fully saturated rings. The lowest BCUT2D eigenvalue weighted by Crippen LogP contribution is -2.43. The van der Waals surface area contributed by atoms with E-state index >= 15 is 0 Å². The standard InChI is InChI=1S/C22H30N4O2/c1-16-7-4-5-9-19(16)10-12-26-11-6-8-18(15-26)14-25(3)22(28)20-13-23-17(2)24-21(20)27/h4-5,7,9,13,18H,6,8,10-12,14-15H2,1-3H3,(H,23,24,27)/t18-/m1/s1. The molecule has 0 unspecified atom stereocenters. The molecule has 1 aliphatic heterocycles. The molecular formula is C22H30N4O2. The van der Waals surface area contributed by atoms with Crippen molar-refractivity contribution in [2.75, 3.05) is 33.2 Å². The van der Waals surface area contributed by atoms with Crippen LogP contribution in [0.5, 0.6) is 0 Å². The molecule has 0 radical (unpaired) electrons. The summed E-state index contributed by atoms with van der Waals surface area (Å²) in [4.78, 5) is 35.5. The van der Waals surface area contributed by atoms with Crippen LogP contribution in [0, 0.1) is 19.8 Å². The molecule has 0 bridgehead atoms. The molecule has 0 aliphatic carbocycles. The molecule has 1 aromatic heterocycles. The van der Waals surface area contributed by atoms with Gasteiger partial charge in [0.2, 0.25) is 0 Å². The van der Waals surface area contributed by atoms with Crippen LogP contribution in [0.15, 0.2) is 35.3 Å². The number of H-pyrrole nitrogens is 1. The number of carbonyl (C=O) groups excluding carboxylic acids is 1. The van der Waals surface area contributed by atoms with Crippen molar-refractivity contribution in [1.29, 1.82) is 0 Å². The molecule has 0 saturated carbocycles. The van der Waals surface area contributed by atoms with Crippen LogP contribution in [0.1, 0.15) is 40.2 Å². The Balaban J connectivity index is 1.54. The summed E-state index contributed by atoms with van der Waals surface area (Å²) < 4.78 is 0. The maximum absolute atomic E-state index is 12.6. The zero-order valence-corrected chi connectivity index (χ0v) is 17.1. The number of amides is 1. The van der Waals surface area contributed by atoms with Gasteiger partial charge in [-0.2, -0.15) is 0 Å². The van der Waals surface area contributed by atoms with Crippen LogP contribution in [-0.2, 0) is 6.42 Å². The number of benzene rings is 1. The topological polar surface area (TPSA) is 69.3 Å². The molecule has 1 amide bonds. The van der Waals surface area contributed by atoms with E-state index in [-0.39, 0.29) is 17.0 Å². The Morgan fingerprint density at radius 3 is 2.86 bits per heavy atom. The van der Waals surface area contributed by atoms with Gasteiger partial charge in [-0.25, -0.2) is 4.98 Å². The van der Waals surface area contributed by atoms with E-state index in [0.29, 0.717) is 18.3 Å². The van der Waals surface area contributed by atoms with Gasteiger partial charge >= 0.3 is 0 Å². The predicted molar refractivity (Wildman–Crippen MR) is 111 cm³/mol. The van der Waals surface area contributed by atoms with Crippen LogP contribution >= 0.6 is 0 Å². The smallest absolute Gasteiger partial charge is 0.263 e. The number of nitrogens with one attached hydrogen (secondary N) is 1. The molecule has 1 saturated heterocycles. The Kier molecular flexibility index (Phi) is 6.62. The fourth-order valence-corrected chi connectivity index (χ4v) is 3.98. The Morgan fingerprint density at radius 2 is 2.11 bits per heavy atom. The maximum Gasteiger partial charge on any atom is 0.263 e. The molecule has 2 aromatic rings. The van der Waals surface area contributed by atoms with Gasteiger partial charge in [0.25, 0.3) is 11.5 Å². The molecule has 2 heterocycles. The molecule has 0 spiro atoms. The quantitative estimate of drug-likeness (QED) is 0.833. The van der Waals surface area contributed by atoms with Crippen LogP contribution in [0.25, 0.3) is 0 Å². The minimum absolute atomic E-state index is 0.111. The van der Waals surface area contributed by atoms with E-state index < -0.39 is 0 Å². The lowest BCUT2D eigenvalue weighted by Gasteiger charge is -2.34. The highest BCUT2D eigenvalue weighted by molar-refractivity contribution is 5.93. The first-order valence-corrected chi connectivity index (χ1v) is 10.0. The minimum atomic E-state index is -0.368. The van der Waals surface area contributed by atoms with Crippen molar-refractivity contribution in [2.24, 2.45) is 5.92 Å². The van der Waals surface area contributed by atoms with E-state index in [1.54, 1.807) is 18.9 Å². The largest absolute Gasteiger partial charge is 0.341 e. The third kappa shape index (κ3) is 5.07. The van der Waals surface area contributed by atoms with Crippen LogP contribution in [-0.4, -0.2) is 58.9 Å². The van der Waals surface area contributed by atoms with Crippen LogP contribution < -0.4 is 5.56 Å². The van der Waals surface area contributed by atoms with Gasteiger partial charge in [0.05, 0.1) is 0 Å². The summed E-state index contributed by atoms with van der Waals surface area (Å²) in [7, 11) is 1.77. The van der Waals surface area contributed by atoms with E-state index in [4.69, 9.17) is 0 Å². The SMILES string of the molecule is Cc1ncc(C(=O)N(C)C[C@H]2CCCN(CCc3ccccc3C)C2)c(=O)[nH]1. The Bertz CT molecular complexity index is 877. The van der Waals surface area contributed by atoms with Crippen molar-refractivity contribution in [1.82, 2.24) is 19.8 Å². The molecule has 1 aromatic carbocycles. The second-order valence-electron chi connectivity index (χ2n) is 7.88. The number of aromatic amines is 1. The highest BCUT2D eigenvalue weighted by Crippen LogP contribution is 2.19. The van der Waals surface area contributed by atoms with E-state index in [9.17, 15) is 9.59 Å². The van der Waals surface area contributed by atoms with Crippen molar-refractivity contribution >= 4 is 5.91 Å². The Morgan fingerprint density at radius 1 is 1.32 bits per heavy atom. The van der Waals surface area contributed by atoms with Crippen molar-refractivity contribution in [3.8, 4) is 0 Å². The van der Waals surface area contributed by atoms with Gasteiger partial charge in [-0.1, -0.05) is 24.3 Å². The summed E-state index contributed by atoms with van der Waals surface area (Å²) in [5.74, 6) is 0.684. The van der Waals surface area contributed by atoms with Gasteiger partial charge in [-0.05, 0) is 56.7 Å². The number of carbonyl (C=O) groups is 1. The average molecular weight is 383 g/mol. The fraction of sp³-hybridized carbons (Fsp3) is 0.500. The lowest BCUT2D eigenvalue weighted by atomic mass is 9.96. The fourth-order valence-electron chi connectivity index (χ4n) is 3.98.